The first kappa shape index (κ1) is 17.4. The number of aromatic nitrogens is 2. The maximum absolute atomic E-state index is 12.6. The number of anilines is 1. The fraction of sp³-hybridized carbons (Fsp3) is 0.211. The number of fused-ring (bicyclic) bond motifs is 1. The van der Waals surface area contributed by atoms with Crippen LogP contribution in [0.1, 0.15) is 5.56 Å². The van der Waals surface area contributed by atoms with E-state index in [2.05, 4.69) is 22.0 Å². The number of ether oxygens (including phenoxy) is 2. The smallest absolute Gasteiger partial charge is 0.262 e. The van der Waals surface area contributed by atoms with E-state index < -0.39 is 10.0 Å². The molecule has 0 fully saturated rings. The van der Waals surface area contributed by atoms with Gasteiger partial charge < -0.3 is 9.47 Å². The first-order valence-electron chi connectivity index (χ1n) is 8.59. The molecule has 27 heavy (non-hydrogen) atoms. The van der Waals surface area contributed by atoms with Crippen LogP contribution in [0.3, 0.4) is 0 Å². The fourth-order valence-corrected chi connectivity index (χ4v) is 3.87. The van der Waals surface area contributed by atoms with Crippen LogP contribution in [0.5, 0.6) is 11.5 Å². The van der Waals surface area contributed by atoms with Crippen LogP contribution in [-0.2, 0) is 23.0 Å². The number of sulfonamides is 1. The molecule has 0 saturated heterocycles. The van der Waals surface area contributed by atoms with Crippen molar-refractivity contribution in [3.63, 3.8) is 0 Å². The van der Waals surface area contributed by atoms with Gasteiger partial charge in [-0.2, -0.15) is 5.10 Å². The Labute approximate surface area is 157 Å². The van der Waals surface area contributed by atoms with E-state index in [-0.39, 0.29) is 4.90 Å². The van der Waals surface area contributed by atoms with Crippen molar-refractivity contribution in [2.45, 2.75) is 17.9 Å². The van der Waals surface area contributed by atoms with Gasteiger partial charge in [-0.15, -0.1) is 0 Å². The number of benzene rings is 2. The topological polar surface area (TPSA) is 82.5 Å². The highest BCUT2D eigenvalue weighted by Crippen LogP contribution is 2.32. The van der Waals surface area contributed by atoms with Gasteiger partial charge in [0.25, 0.3) is 10.0 Å². The van der Waals surface area contributed by atoms with Crippen molar-refractivity contribution in [1.29, 1.82) is 0 Å². The van der Waals surface area contributed by atoms with Gasteiger partial charge in [0.05, 0.1) is 16.8 Å². The molecule has 0 atom stereocenters. The lowest BCUT2D eigenvalue weighted by atomic mass is 10.1. The molecule has 0 aliphatic carbocycles. The van der Waals surface area contributed by atoms with Crippen molar-refractivity contribution in [3.8, 4) is 11.5 Å². The van der Waals surface area contributed by atoms with Crippen molar-refractivity contribution in [2.24, 2.45) is 0 Å². The van der Waals surface area contributed by atoms with Crippen molar-refractivity contribution in [3.05, 3.63) is 66.5 Å². The second kappa shape index (κ2) is 7.32. The summed E-state index contributed by atoms with van der Waals surface area (Å²) in [5.41, 5.74) is 1.62. The summed E-state index contributed by atoms with van der Waals surface area (Å²) in [6.07, 6.45) is 4.00. The van der Waals surface area contributed by atoms with Crippen LogP contribution in [0.2, 0.25) is 0 Å². The summed E-state index contributed by atoms with van der Waals surface area (Å²) >= 11 is 0. The summed E-state index contributed by atoms with van der Waals surface area (Å²) in [5.74, 6) is 0.983. The Kier molecular flexibility index (Phi) is 4.72. The Morgan fingerprint density at radius 1 is 1.04 bits per heavy atom. The maximum Gasteiger partial charge on any atom is 0.262 e. The summed E-state index contributed by atoms with van der Waals surface area (Å²) in [6, 6.07) is 14.6. The molecule has 0 unspecified atom stereocenters. The van der Waals surface area contributed by atoms with Crippen LogP contribution >= 0.6 is 0 Å². The average molecular weight is 385 g/mol. The monoisotopic (exact) mass is 385 g/mol. The lowest BCUT2D eigenvalue weighted by Crippen LogP contribution is -2.17. The molecular formula is C19H19N3O4S. The molecular weight excluding hydrogens is 366 g/mol. The van der Waals surface area contributed by atoms with Gasteiger partial charge in [0, 0.05) is 18.8 Å². The van der Waals surface area contributed by atoms with E-state index >= 15 is 0 Å². The minimum atomic E-state index is -3.74. The van der Waals surface area contributed by atoms with Gasteiger partial charge >= 0.3 is 0 Å². The Balaban J connectivity index is 1.44. The van der Waals surface area contributed by atoms with Gasteiger partial charge in [-0.1, -0.05) is 30.3 Å². The Morgan fingerprint density at radius 2 is 1.81 bits per heavy atom. The average Bonchev–Trinajstić information content (AvgIpc) is 3.13. The zero-order valence-corrected chi connectivity index (χ0v) is 15.4. The highest BCUT2D eigenvalue weighted by Gasteiger charge is 2.20. The quantitative estimate of drug-likeness (QED) is 0.705. The molecule has 1 aromatic heterocycles. The van der Waals surface area contributed by atoms with Crippen LogP contribution in [0, 0.1) is 0 Å². The van der Waals surface area contributed by atoms with Gasteiger partial charge in [0.2, 0.25) is 0 Å². The van der Waals surface area contributed by atoms with Crippen molar-refractivity contribution in [1.82, 2.24) is 9.78 Å². The van der Waals surface area contributed by atoms with E-state index in [1.165, 1.54) is 23.9 Å². The van der Waals surface area contributed by atoms with Crippen LogP contribution in [0.25, 0.3) is 0 Å². The largest absolute Gasteiger partial charge is 0.486 e. The number of nitrogens with one attached hydrogen (secondary N) is 1. The standard InChI is InChI=1S/C19H19N3O4S/c23-27(24,17-6-7-18-19(12-17)26-11-10-25-18)21-16-13-20-22(14-16)9-8-15-4-2-1-3-5-15/h1-7,12-14,21H,8-11H2. The molecule has 4 rings (SSSR count). The van der Waals surface area contributed by atoms with Gasteiger partial charge in [-0.3, -0.25) is 9.40 Å². The van der Waals surface area contributed by atoms with Crippen molar-refractivity contribution in [2.75, 3.05) is 17.9 Å². The molecule has 0 saturated carbocycles. The maximum atomic E-state index is 12.6. The number of hydrogen-bond acceptors (Lipinski definition) is 5. The third kappa shape index (κ3) is 4.06. The second-order valence-corrected chi connectivity index (χ2v) is 7.82. The molecule has 0 bridgehead atoms. The summed E-state index contributed by atoms with van der Waals surface area (Å²) in [4.78, 5) is 0.115. The summed E-state index contributed by atoms with van der Waals surface area (Å²) < 4.78 is 40.4. The van der Waals surface area contributed by atoms with Gasteiger partial charge in [-0.05, 0) is 24.1 Å². The molecule has 2 heterocycles. The molecule has 140 valence electrons. The van der Waals surface area contributed by atoms with E-state index in [9.17, 15) is 8.42 Å². The number of nitrogens with zero attached hydrogens (tertiary/aromatic N) is 2. The Morgan fingerprint density at radius 3 is 2.63 bits per heavy atom. The Bertz CT molecular complexity index is 1030. The molecule has 8 heteroatoms. The molecule has 3 aromatic rings. The van der Waals surface area contributed by atoms with Crippen molar-refractivity contribution < 1.29 is 17.9 Å². The molecule has 0 spiro atoms. The predicted molar refractivity (Wildman–Crippen MR) is 101 cm³/mol. The van der Waals surface area contributed by atoms with Gasteiger partial charge in [0.15, 0.2) is 11.5 Å². The van der Waals surface area contributed by atoms with Crippen LogP contribution in [0.4, 0.5) is 5.69 Å². The Hall–Kier alpha value is -3.00. The normalized spacial score (nSPS) is 13.3. The van der Waals surface area contributed by atoms with E-state index in [0.717, 1.165) is 6.42 Å². The molecule has 1 aliphatic heterocycles. The van der Waals surface area contributed by atoms with E-state index in [4.69, 9.17) is 9.47 Å². The summed E-state index contributed by atoms with van der Waals surface area (Å²) in [6.45, 7) is 1.52. The fourth-order valence-electron chi connectivity index (χ4n) is 2.83. The number of hydrogen-bond donors (Lipinski definition) is 1. The van der Waals surface area contributed by atoms with Gasteiger partial charge in [-0.25, -0.2) is 8.42 Å². The van der Waals surface area contributed by atoms with E-state index in [1.807, 2.05) is 18.2 Å². The zero-order valence-electron chi connectivity index (χ0n) is 14.5. The zero-order chi connectivity index (χ0) is 18.7. The van der Waals surface area contributed by atoms with Crippen LogP contribution in [-0.4, -0.2) is 31.4 Å². The van der Waals surface area contributed by atoms with E-state index in [1.54, 1.807) is 16.9 Å². The third-order valence-corrected chi connectivity index (χ3v) is 5.56. The molecule has 1 N–H and O–H groups in total. The van der Waals surface area contributed by atoms with Crippen LogP contribution < -0.4 is 14.2 Å². The SMILES string of the molecule is O=S(=O)(Nc1cnn(CCc2ccccc2)c1)c1ccc2c(c1)OCCO2. The summed E-state index contributed by atoms with van der Waals surface area (Å²) in [5, 5.41) is 4.22. The number of aryl methyl sites for hydroxylation is 2. The third-order valence-electron chi connectivity index (χ3n) is 4.18. The first-order chi connectivity index (χ1) is 13.1. The highest BCUT2D eigenvalue weighted by atomic mass is 32.2. The second-order valence-electron chi connectivity index (χ2n) is 6.14. The molecule has 2 aromatic carbocycles. The molecule has 0 radical (unpaired) electrons. The molecule has 0 amide bonds. The van der Waals surface area contributed by atoms with E-state index in [0.29, 0.717) is 36.9 Å². The van der Waals surface area contributed by atoms with Crippen molar-refractivity contribution >= 4 is 15.7 Å². The first-order valence-corrected chi connectivity index (χ1v) is 10.1. The lowest BCUT2D eigenvalue weighted by molar-refractivity contribution is 0.171. The predicted octanol–water partition coefficient (Wildman–Crippen LogP) is 2.70. The minimum absolute atomic E-state index is 0.115. The van der Waals surface area contributed by atoms with Crippen LogP contribution in [0.15, 0.2) is 65.8 Å². The lowest BCUT2D eigenvalue weighted by Gasteiger charge is -2.18. The molecule has 7 nitrogen and oxygen atoms in total. The number of rotatable bonds is 6. The minimum Gasteiger partial charge on any atom is -0.486 e. The summed E-state index contributed by atoms with van der Waals surface area (Å²) in [7, 11) is -3.74. The highest BCUT2D eigenvalue weighted by molar-refractivity contribution is 7.92. The molecule has 1 aliphatic rings. The van der Waals surface area contributed by atoms with Gasteiger partial charge in [0.1, 0.15) is 13.2 Å².